The molecule has 0 aliphatic carbocycles. The number of ether oxygens (including phenoxy) is 2. The van der Waals surface area contributed by atoms with Crippen LogP contribution in [0.4, 0.5) is 5.00 Å². The number of nitrogens with zero attached hydrogens (tertiary/aromatic N) is 3. The molecule has 0 unspecified atom stereocenters. The van der Waals surface area contributed by atoms with Gasteiger partial charge < -0.3 is 24.7 Å². The van der Waals surface area contributed by atoms with Gasteiger partial charge in [0.15, 0.2) is 11.0 Å². The second kappa shape index (κ2) is 16.0. The number of carbonyl (C=O) groups is 4. The van der Waals surface area contributed by atoms with E-state index in [-0.39, 0.29) is 46.9 Å². The highest BCUT2D eigenvalue weighted by Gasteiger charge is 2.27. The molecule has 2 heterocycles. The number of hydrogen-bond donors (Lipinski definition) is 2. The predicted molar refractivity (Wildman–Crippen MR) is 173 cm³/mol. The molecule has 2 aromatic carbocycles. The SMILES string of the molecule is CCOC(=O)c1sc(NC(=O)CSc2nnc(CNC(=O)c3cccc(C)c3)n2CCc2ccccc2)c(C(=O)OCC)c1C. The highest BCUT2D eigenvalue weighted by atomic mass is 32.2. The van der Waals surface area contributed by atoms with Crippen molar-refractivity contribution in [1.29, 1.82) is 0 Å². The highest BCUT2D eigenvalue weighted by molar-refractivity contribution is 7.99. The number of nitrogens with one attached hydrogen (secondary N) is 2. The Morgan fingerprint density at radius 1 is 0.933 bits per heavy atom. The monoisotopic (exact) mass is 649 g/mol. The van der Waals surface area contributed by atoms with E-state index in [2.05, 4.69) is 20.8 Å². The van der Waals surface area contributed by atoms with Gasteiger partial charge >= 0.3 is 11.9 Å². The zero-order chi connectivity index (χ0) is 32.3. The number of hydrogen-bond acceptors (Lipinski definition) is 10. The second-order valence-corrected chi connectivity index (χ2v) is 11.8. The van der Waals surface area contributed by atoms with Crippen molar-refractivity contribution in [2.45, 2.75) is 52.4 Å². The number of thioether (sulfide) groups is 1. The van der Waals surface area contributed by atoms with Gasteiger partial charge in [0.1, 0.15) is 9.88 Å². The molecule has 236 valence electrons. The summed E-state index contributed by atoms with van der Waals surface area (Å²) in [7, 11) is 0. The van der Waals surface area contributed by atoms with E-state index in [1.54, 1.807) is 26.8 Å². The molecular formula is C32H35N5O6S2. The fourth-order valence-corrected chi connectivity index (χ4v) is 6.34. The van der Waals surface area contributed by atoms with Crippen LogP contribution in [0.5, 0.6) is 0 Å². The highest BCUT2D eigenvalue weighted by Crippen LogP contribution is 2.34. The van der Waals surface area contributed by atoms with Gasteiger partial charge in [-0.3, -0.25) is 9.59 Å². The van der Waals surface area contributed by atoms with E-state index in [1.807, 2.05) is 60.0 Å². The van der Waals surface area contributed by atoms with Crippen molar-refractivity contribution in [2.75, 3.05) is 24.3 Å². The van der Waals surface area contributed by atoms with E-state index in [9.17, 15) is 19.2 Å². The first-order chi connectivity index (χ1) is 21.7. The minimum absolute atomic E-state index is 0.0485. The first-order valence-electron chi connectivity index (χ1n) is 14.4. The molecule has 0 radical (unpaired) electrons. The Labute approximate surface area is 269 Å². The Bertz CT molecular complexity index is 1670. The number of aryl methyl sites for hydroxylation is 2. The summed E-state index contributed by atoms with van der Waals surface area (Å²) >= 11 is 2.14. The van der Waals surface area contributed by atoms with Gasteiger partial charge in [0, 0.05) is 12.1 Å². The third-order valence-electron chi connectivity index (χ3n) is 6.62. The molecule has 4 aromatic rings. The summed E-state index contributed by atoms with van der Waals surface area (Å²) in [5, 5.41) is 15.0. The third-order valence-corrected chi connectivity index (χ3v) is 8.77. The van der Waals surface area contributed by atoms with Crippen molar-refractivity contribution < 1.29 is 28.7 Å². The Morgan fingerprint density at radius 3 is 2.38 bits per heavy atom. The number of carbonyl (C=O) groups excluding carboxylic acids is 4. The summed E-state index contributed by atoms with van der Waals surface area (Å²) in [6, 6.07) is 17.3. The van der Waals surface area contributed by atoms with Crippen LogP contribution in [-0.4, -0.2) is 57.5 Å². The lowest BCUT2D eigenvalue weighted by atomic mass is 10.1. The molecule has 0 aliphatic rings. The number of esters is 2. The van der Waals surface area contributed by atoms with Crippen LogP contribution in [0.15, 0.2) is 59.8 Å². The third kappa shape index (κ3) is 8.79. The molecule has 0 spiro atoms. The van der Waals surface area contributed by atoms with Gasteiger partial charge in [-0.25, -0.2) is 9.59 Å². The molecule has 2 aromatic heterocycles. The van der Waals surface area contributed by atoms with Gasteiger partial charge in [0.25, 0.3) is 5.91 Å². The topological polar surface area (TPSA) is 142 Å². The standard InChI is InChI=1S/C32H35N5O6S2/c1-5-42-30(40)26-21(4)27(31(41)43-6-2)45-29(26)34-25(38)19-44-32-36-35-24(37(32)16-15-22-12-8-7-9-13-22)18-33-28(39)23-14-10-11-20(3)17-23/h7-14,17H,5-6,15-16,18-19H2,1-4H3,(H,33,39)(H,34,38). The zero-order valence-corrected chi connectivity index (χ0v) is 27.2. The minimum atomic E-state index is -0.636. The fourth-order valence-electron chi connectivity index (χ4n) is 4.45. The summed E-state index contributed by atoms with van der Waals surface area (Å²) in [6.45, 7) is 7.89. The Balaban J connectivity index is 1.50. The van der Waals surface area contributed by atoms with E-state index >= 15 is 0 Å². The Hall–Kier alpha value is -4.49. The molecular weight excluding hydrogens is 615 g/mol. The lowest BCUT2D eigenvalue weighted by Crippen LogP contribution is -2.25. The van der Waals surface area contributed by atoms with E-state index in [1.165, 1.54) is 11.8 Å². The van der Waals surface area contributed by atoms with Gasteiger partial charge in [-0.15, -0.1) is 21.5 Å². The Kier molecular flexibility index (Phi) is 11.9. The van der Waals surface area contributed by atoms with E-state index < -0.39 is 17.8 Å². The number of thiophene rings is 1. The Morgan fingerprint density at radius 2 is 1.67 bits per heavy atom. The van der Waals surface area contributed by atoms with Crippen molar-refractivity contribution in [2.24, 2.45) is 0 Å². The lowest BCUT2D eigenvalue weighted by Gasteiger charge is -2.11. The maximum absolute atomic E-state index is 13.1. The molecule has 2 N–H and O–H groups in total. The molecule has 0 atom stereocenters. The number of anilines is 1. The molecule has 45 heavy (non-hydrogen) atoms. The molecule has 13 heteroatoms. The van der Waals surface area contributed by atoms with E-state index in [0.717, 1.165) is 22.5 Å². The van der Waals surface area contributed by atoms with Crippen molar-refractivity contribution in [3.63, 3.8) is 0 Å². The molecule has 2 amide bonds. The van der Waals surface area contributed by atoms with Crippen LogP contribution in [-0.2, 0) is 33.8 Å². The quantitative estimate of drug-likeness (QED) is 0.139. The fraction of sp³-hybridized carbons (Fsp3) is 0.312. The average Bonchev–Trinajstić information content (AvgIpc) is 3.57. The van der Waals surface area contributed by atoms with Gasteiger partial charge in [-0.1, -0.05) is 59.8 Å². The van der Waals surface area contributed by atoms with Gasteiger partial charge in [-0.2, -0.15) is 0 Å². The summed E-state index contributed by atoms with van der Waals surface area (Å²) in [4.78, 5) is 51.3. The lowest BCUT2D eigenvalue weighted by molar-refractivity contribution is -0.113. The number of benzene rings is 2. The molecule has 0 bridgehead atoms. The molecule has 0 saturated carbocycles. The first kappa shape index (κ1) is 33.4. The summed E-state index contributed by atoms with van der Waals surface area (Å²) in [5.74, 6) is -1.35. The number of aromatic nitrogens is 3. The van der Waals surface area contributed by atoms with Crippen molar-refractivity contribution in [3.8, 4) is 0 Å². The molecule has 11 nitrogen and oxygen atoms in total. The van der Waals surface area contributed by atoms with Crippen LogP contribution in [0, 0.1) is 13.8 Å². The van der Waals surface area contributed by atoms with Crippen molar-refractivity contribution in [1.82, 2.24) is 20.1 Å². The molecule has 0 aliphatic heterocycles. The summed E-state index contributed by atoms with van der Waals surface area (Å²) < 4.78 is 12.2. The predicted octanol–water partition coefficient (Wildman–Crippen LogP) is 5.21. The van der Waals surface area contributed by atoms with E-state index in [0.29, 0.717) is 35.1 Å². The van der Waals surface area contributed by atoms with Crippen LogP contribution in [0.3, 0.4) is 0 Å². The van der Waals surface area contributed by atoms with Gasteiger partial charge in [-0.05, 0) is 57.4 Å². The molecule has 4 rings (SSSR count). The van der Waals surface area contributed by atoms with Crippen LogP contribution in [0.1, 0.15) is 66.7 Å². The summed E-state index contributed by atoms with van der Waals surface area (Å²) in [5.41, 5.74) is 3.16. The van der Waals surface area contributed by atoms with Crippen molar-refractivity contribution >= 4 is 51.9 Å². The van der Waals surface area contributed by atoms with Crippen LogP contribution >= 0.6 is 23.1 Å². The normalized spacial score (nSPS) is 10.8. The minimum Gasteiger partial charge on any atom is -0.462 e. The maximum atomic E-state index is 13.1. The first-order valence-corrected chi connectivity index (χ1v) is 16.2. The second-order valence-electron chi connectivity index (χ2n) is 9.88. The van der Waals surface area contributed by atoms with Crippen LogP contribution in [0.25, 0.3) is 0 Å². The largest absolute Gasteiger partial charge is 0.462 e. The number of rotatable bonds is 14. The maximum Gasteiger partial charge on any atom is 0.348 e. The molecule has 0 fully saturated rings. The zero-order valence-electron chi connectivity index (χ0n) is 25.5. The van der Waals surface area contributed by atoms with Gasteiger partial charge in [0.2, 0.25) is 5.91 Å². The van der Waals surface area contributed by atoms with E-state index in [4.69, 9.17) is 9.47 Å². The average molecular weight is 650 g/mol. The van der Waals surface area contributed by atoms with Crippen LogP contribution < -0.4 is 10.6 Å². The number of amides is 2. The van der Waals surface area contributed by atoms with Crippen molar-refractivity contribution in [3.05, 3.63) is 93.1 Å². The van der Waals surface area contributed by atoms with Crippen LogP contribution in [0.2, 0.25) is 0 Å². The summed E-state index contributed by atoms with van der Waals surface area (Å²) in [6.07, 6.45) is 0.686. The molecule has 0 saturated heterocycles. The van der Waals surface area contributed by atoms with Gasteiger partial charge in [0.05, 0.1) is 31.1 Å². The smallest absolute Gasteiger partial charge is 0.348 e.